The Morgan fingerprint density at radius 3 is 2.89 bits per heavy atom. The van der Waals surface area contributed by atoms with E-state index in [2.05, 4.69) is 17.4 Å². The molecule has 18 heavy (non-hydrogen) atoms. The van der Waals surface area contributed by atoms with E-state index in [1.165, 1.54) is 0 Å². The van der Waals surface area contributed by atoms with Crippen LogP contribution in [0.25, 0.3) is 0 Å². The van der Waals surface area contributed by atoms with Gasteiger partial charge < -0.3 is 21.0 Å². The Kier molecular flexibility index (Phi) is 6.00. The van der Waals surface area contributed by atoms with E-state index in [1.807, 2.05) is 12.1 Å². The Labute approximate surface area is 108 Å². The van der Waals surface area contributed by atoms with E-state index in [1.54, 1.807) is 13.2 Å². The van der Waals surface area contributed by atoms with Crippen LogP contribution in [0, 0.1) is 0 Å². The molecule has 0 aromatic heterocycles. The second-order valence-corrected chi connectivity index (χ2v) is 4.04. The Bertz CT molecular complexity index is 405. The number of nitrogens with two attached hydrogens (primary N) is 1. The van der Waals surface area contributed by atoms with Gasteiger partial charge in [0.15, 0.2) is 5.84 Å². The average Bonchev–Trinajstić information content (AvgIpc) is 2.42. The monoisotopic (exact) mass is 251 g/mol. The number of unbranched alkanes of at least 4 members (excludes halogenated alkanes) is 1. The fourth-order valence-electron chi connectivity index (χ4n) is 1.66. The van der Waals surface area contributed by atoms with Gasteiger partial charge in [-0.2, -0.15) is 0 Å². The number of rotatable bonds is 7. The molecule has 0 unspecified atom stereocenters. The molecular formula is C13H21N3O2. The van der Waals surface area contributed by atoms with Crippen LogP contribution in [0.1, 0.15) is 30.9 Å². The van der Waals surface area contributed by atoms with Gasteiger partial charge in [0.1, 0.15) is 5.75 Å². The maximum Gasteiger partial charge on any atom is 0.170 e. The first-order valence-electron chi connectivity index (χ1n) is 6.08. The van der Waals surface area contributed by atoms with Gasteiger partial charge in [-0.15, -0.1) is 0 Å². The van der Waals surface area contributed by atoms with Gasteiger partial charge in [0.2, 0.25) is 0 Å². The molecule has 5 heteroatoms. The van der Waals surface area contributed by atoms with Crippen LogP contribution in [0.4, 0.5) is 0 Å². The molecule has 0 aliphatic heterocycles. The second kappa shape index (κ2) is 7.55. The van der Waals surface area contributed by atoms with Gasteiger partial charge in [0.25, 0.3) is 0 Å². The first kappa shape index (κ1) is 14.3. The smallest absolute Gasteiger partial charge is 0.170 e. The molecule has 4 N–H and O–H groups in total. The fourth-order valence-corrected chi connectivity index (χ4v) is 1.66. The molecule has 1 rings (SSSR count). The highest BCUT2D eigenvalue weighted by atomic mass is 16.5. The van der Waals surface area contributed by atoms with Gasteiger partial charge in [0, 0.05) is 17.7 Å². The summed E-state index contributed by atoms with van der Waals surface area (Å²) >= 11 is 0. The van der Waals surface area contributed by atoms with E-state index >= 15 is 0 Å². The minimum absolute atomic E-state index is 0.104. The molecule has 0 heterocycles. The van der Waals surface area contributed by atoms with Crippen molar-refractivity contribution in [2.75, 3.05) is 13.7 Å². The lowest BCUT2D eigenvalue weighted by Gasteiger charge is -2.11. The van der Waals surface area contributed by atoms with Crippen LogP contribution in [-0.2, 0) is 6.54 Å². The second-order valence-electron chi connectivity index (χ2n) is 4.04. The van der Waals surface area contributed by atoms with Crippen LogP contribution in [-0.4, -0.2) is 24.7 Å². The van der Waals surface area contributed by atoms with Gasteiger partial charge in [-0.05, 0) is 31.2 Å². The molecule has 0 spiro atoms. The summed E-state index contributed by atoms with van der Waals surface area (Å²) in [6, 6.07) is 5.46. The maximum atomic E-state index is 8.67. The summed E-state index contributed by atoms with van der Waals surface area (Å²) in [5.41, 5.74) is 7.25. The van der Waals surface area contributed by atoms with Crippen LogP contribution in [0.5, 0.6) is 5.75 Å². The molecule has 0 aliphatic carbocycles. The zero-order chi connectivity index (χ0) is 13.4. The lowest BCUT2D eigenvalue weighted by molar-refractivity contribution is 0.318. The van der Waals surface area contributed by atoms with Crippen LogP contribution in [0.3, 0.4) is 0 Å². The van der Waals surface area contributed by atoms with Gasteiger partial charge in [-0.1, -0.05) is 18.5 Å². The predicted molar refractivity (Wildman–Crippen MR) is 72.1 cm³/mol. The summed E-state index contributed by atoms with van der Waals surface area (Å²) in [7, 11) is 1.63. The van der Waals surface area contributed by atoms with Crippen molar-refractivity contribution in [1.29, 1.82) is 0 Å². The largest absolute Gasteiger partial charge is 0.496 e. The van der Waals surface area contributed by atoms with Crippen molar-refractivity contribution < 1.29 is 9.94 Å². The van der Waals surface area contributed by atoms with E-state index in [4.69, 9.17) is 15.7 Å². The van der Waals surface area contributed by atoms with E-state index in [0.717, 1.165) is 30.7 Å². The quantitative estimate of drug-likeness (QED) is 0.226. The summed E-state index contributed by atoms with van der Waals surface area (Å²) < 4.78 is 5.29. The van der Waals surface area contributed by atoms with Crippen molar-refractivity contribution in [3.63, 3.8) is 0 Å². The van der Waals surface area contributed by atoms with Crippen molar-refractivity contribution in [1.82, 2.24) is 5.32 Å². The Balaban J connectivity index is 2.79. The topological polar surface area (TPSA) is 79.9 Å². The molecule has 0 radical (unpaired) electrons. The molecule has 0 amide bonds. The van der Waals surface area contributed by atoms with E-state index in [9.17, 15) is 0 Å². The highest BCUT2D eigenvalue weighted by Crippen LogP contribution is 2.19. The summed E-state index contributed by atoms with van der Waals surface area (Å²) in [5, 5.41) is 15.0. The average molecular weight is 251 g/mol. The standard InChI is InChI=1S/C13H21N3O2/c1-3-4-7-15-9-11-8-10(13(14)16-17)5-6-12(11)18-2/h5-6,8,15,17H,3-4,7,9H2,1-2H3,(H2,14,16). The lowest BCUT2D eigenvalue weighted by Crippen LogP contribution is -2.17. The molecule has 0 saturated heterocycles. The molecule has 100 valence electrons. The third-order valence-electron chi connectivity index (χ3n) is 2.71. The maximum absolute atomic E-state index is 8.67. The number of oxime groups is 1. The number of methoxy groups -OCH3 is 1. The van der Waals surface area contributed by atoms with E-state index < -0.39 is 0 Å². The number of nitrogens with zero attached hydrogens (tertiary/aromatic N) is 1. The van der Waals surface area contributed by atoms with Gasteiger partial charge in [0.05, 0.1) is 7.11 Å². The molecule has 0 bridgehead atoms. The van der Waals surface area contributed by atoms with Gasteiger partial charge in [-0.25, -0.2) is 0 Å². The number of benzene rings is 1. The minimum Gasteiger partial charge on any atom is -0.496 e. The van der Waals surface area contributed by atoms with Crippen molar-refractivity contribution in [3.05, 3.63) is 29.3 Å². The number of ether oxygens (including phenoxy) is 1. The van der Waals surface area contributed by atoms with Crippen LogP contribution in [0.15, 0.2) is 23.4 Å². The van der Waals surface area contributed by atoms with Crippen LogP contribution >= 0.6 is 0 Å². The summed E-state index contributed by atoms with van der Waals surface area (Å²) in [4.78, 5) is 0. The molecule has 0 aliphatic rings. The molecule has 1 aromatic carbocycles. The predicted octanol–water partition coefficient (Wildman–Crippen LogP) is 1.68. The highest BCUT2D eigenvalue weighted by Gasteiger charge is 2.06. The fraction of sp³-hybridized carbons (Fsp3) is 0.462. The van der Waals surface area contributed by atoms with E-state index in [0.29, 0.717) is 12.1 Å². The number of nitrogens with one attached hydrogen (secondary N) is 1. The van der Waals surface area contributed by atoms with Crippen molar-refractivity contribution >= 4 is 5.84 Å². The molecule has 0 atom stereocenters. The van der Waals surface area contributed by atoms with Crippen molar-refractivity contribution in [2.45, 2.75) is 26.3 Å². The minimum atomic E-state index is 0.104. The van der Waals surface area contributed by atoms with Crippen LogP contribution < -0.4 is 15.8 Å². The van der Waals surface area contributed by atoms with Crippen molar-refractivity contribution in [3.8, 4) is 5.75 Å². The third-order valence-corrected chi connectivity index (χ3v) is 2.71. The van der Waals surface area contributed by atoms with E-state index in [-0.39, 0.29) is 5.84 Å². The summed E-state index contributed by atoms with van der Waals surface area (Å²) in [5.74, 6) is 0.904. The van der Waals surface area contributed by atoms with Gasteiger partial charge >= 0.3 is 0 Å². The zero-order valence-electron chi connectivity index (χ0n) is 10.9. The Morgan fingerprint density at radius 1 is 1.50 bits per heavy atom. The number of hydrogen-bond donors (Lipinski definition) is 3. The first-order valence-corrected chi connectivity index (χ1v) is 6.08. The summed E-state index contributed by atoms with van der Waals surface area (Å²) in [6.45, 7) is 3.82. The number of amidine groups is 1. The first-order chi connectivity index (χ1) is 8.72. The molecule has 5 nitrogen and oxygen atoms in total. The Morgan fingerprint density at radius 2 is 2.28 bits per heavy atom. The van der Waals surface area contributed by atoms with Gasteiger partial charge in [-0.3, -0.25) is 0 Å². The molecule has 1 aromatic rings. The molecule has 0 saturated carbocycles. The SMILES string of the molecule is CCCCNCc1cc(/C(N)=N/O)ccc1OC. The Hall–Kier alpha value is -1.75. The zero-order valence-corrected chi connectivity index (χ0v) is 10.9. The summed E-state index contributed by atoms with van der Waals surface area (Å²) in [6.07, 6.45) is 2.30. The van der Waals surface area contributed by atoms with Crippen molar-refractivity contribution in [2.24, 2.45) is 10.9 Å². The third kappa shape index (κ3) is 3.92. The van der Waals surface area contributed by atoms with Crippen LogP contribution in [0.2, 0.25) is 0 Å². The normalized spacial score (nSPS) is 11.6. The molecule has 0 fully saturated rings. The highest BCUT2D eigenvalue weighted by molar-refractivity contribution is 5.97. The lowest BCUT2D eigenvalue weighted by atomic mass is 10.1. The number of hydrogen-bond acceptors (Lipinski definition) is 4. The molecular weight excluding hydrogens is 230 g/mol.